The summed E-state index contributed by atoms with van der Waals surface area (Å²) in [6, 6.07) is 7.83. The Morgan fingerprint density at radius 2 is 1.67 bits per heavy atom. The van der Waals surface area contributed by atoms with Gasteiger partial charge in [-0.2, -0.15) is 0 Å². The molecule has 0 aliphatic heterocycles. The molecule has 0 aliphatic carbocycles. The van der Waals surface area contributed by atoms with Crippen LogP contribution in [0, 0.1) is 25.5 Å². The van der Waals surface area contributed by atoms with Crippen LogP contribution in [0.5, 0.6) is 0 Å². The Hall–Kier alpha value is -3.29. The summed E-state index contributed by atoms with van der Waals surface area (Å²) < 4.78 is 31.2. The number of ether oxygens (including phenoxy) is 1. The minimum atomic E-state index is -0.845. The van der Waals surface area contributed by atoms with Crippen LogP contribution in [0.1, 0.15) is 21.5 Å². The Bertz CT molecular complexity index is 864. The SMILES string of the molecule is Cc1cc(C)cc(C(=O)NCC(=O)OCC(=O)Nc2cc(F)ccc2F)c1. The fourth-order valence-corrected chi connectivity index (χ4v) is 2.34. The van der Waals surface area contributed by atoms with E-state index in [1.54, 1.807) is 12.1 Å². The number of carbonyl (C=O) groups is 3. The van der Waals surface area contributed by atoms with Crippen LogP contribution < -0.4 is 10.6 Å². The number of hydrogen-bond donors (Lipinski definition) is 2. The van der Waals surface area contributed by atoms with E-state index in [0.29, 0.717) is 5.56 Å². The van der Waals surface area contributed by atoms with Crippen molar-refractivity contribution in [3.63, 3.8) is 0 Å². The topological polar surface area (TPSA) is 84.5 Å². The molecule has 0 heterocycles. The monoisotopic (exact) mass is 376 g/mol. The first-order chi connectivity index (χ1) is 12.7. The van der Waals surface area contributed by atoms with E-state index in [1.807, 2.05) is 19.9 Å². The lowest BCUT2D eigenvalue weighted by Crippen LogP contribution is -2.32. The quantitative estimate of drug-likeness (QED) is 0.759. The molecule has 0 aromatic heterocycles. The Morgan fingerprint density at radius 3 is 2.33 bits per heavy atom. The third kappa shape index (κ3) is 6.18. The van der Waals surface area contributed by atoms with Gasteiger partial charge in [-0.1, -0.05) is 17.2 Å². The van der Waals surface area contributed by atoms with Gasteiger partial charge in [0.2, 0.25) is 0 Å². The number of halogens is 2. The molecule has 2 amide bonds. The third-order valence-corrected chi connectivity index (χ3v) is 3.44. The smallest absolute Gasteiger partial charge is 0.325 e. The minimum Gasteiger partial charge on any atom is -0.454 e. The molecule has 0 radical (unpaired) electrons. The van der Waals surface area contributed by atoms with E-state index in [2.05, 4.69) is 10.6 Å². The molecule has 2 aromatic carbocycles. The van der Waals surface area contributed by atoms with Crippen molar-refractivity contribution in [2.24, 2.45) is 0 Å². The van der Waals surface area contributed by atoms with Crippen molar-refractivity contribution in [1.82, 2.24) is 5.32 Å². The van der Waals surface area contributed by atoms with Gasteiger partial charge in [-0.25, -0.2) is 8.78 Å². The molecule has 0 aliphatic rings. The molecular weight excluding hydrogens is 358 g/mol. The van der Waals surface area contributed by atoms with Crippen molar-refractivity contribution in [3.05, 3.63) is 64.7 Å². The van der Waals surface area contributed by atoms with Crippen molar-refractivity contribution < 1.29 is 27.9 Å². The highest BCUT2D eigenvalue weighted by molar-refractivity contribution is 5.97. The molecule has 0 saturated heterocycles. The van der Waals surface area contributed by atoms with E-state index in [9.17, 15) is 23.2 Å². The average molecular weight is 376 g/mol. The van der Waals surface area contributed by atoms with Gasteiger partial charge >= 0.3 is 5.97 Å². The lowest BCUT2D eigenvalue weighted by atomic mass is 10.1. The van der Waals surface area contributed by atoms with Crippen LogP contribution in [0.25, 0.3) is 0 Å². The van der Waals surface area contributed by atoms with E-state index < -0.39 is 42.6 Å². The summed E-state index contributed by atoms with van der Waals surface area (Å²) in [6.07, 6.45) is 0. The molecule has 2 rings (SSSR count). The number of amides is 2. The Labute approximate surface area is 154 Å². The molecule has 8 heteroatoms. The highest BCUT2D eigenvalue weighted by Crippen LogP contribution is 2.15. The molecular formula is C19H18F2N2O4. The minimum absolute atomic E-state index is 0.362. The lowest BCUT2D eigenvalue weighted by Gasteiger charge is -2.09. The maximum atomic E-state index is 13.4. The second kappa shape index (κ2) is 8.88. The van der Waals surface area contributed by atoms with E-state index >= 15 is 0 Å². The van der Waals surface area contributed by atoms with Gasteiger partial charge in [0.1, 0.15) is 18.2 Å². The van der Waals surface area contributed by atoms with Gasteiger partial charge in [-0.05, 0) is 38.1 Å². The van der Waals surface area contributed by atoms with Crippen LogP contribution in [0.2, 0.25) is 0 Å². The maximum absolute atomic E-state index is 13.4. The molecule has 2 aromatic rings. The fourth-order valence-electron chi connectivity index (χ4n) is 2.34. The zero-order valence-electron chi connectivity index (χ0n) is 14.8. The summed E-state index contributed by atoms with van der Waals surface area (Å²) in [5.41, 5.74) is 1.85. The van der Waals surface area contributed by atoms with Gasteiger partial charge in [0.25, 0.3) is 11.8 Å². The largest absolute Gasteiger partial charge is 0.454 e. The number of nitrogens with one attached hydrogen (secondary N) is 2. The second-order valence-electron chi connectivity index (χ2n) is 5.89. The number of benzene rings is 2. The van der Waals surface area contributed by atoms with Gasteiger partial charge in [0.15, 0.2) is 6.61 Å². The normalized spacial score (nSPS) is 10.2. The van der Waals surface area contributed by atoms with Gasteiger partial charge < -0.3 is 15.4 Å². The first-order valence-electron chi connectivity index (χ1n) is 8.01. The highest BCUT2D eigenvalue weighted by atomic mass is 19.1. The molecule has 2 N–H and O–H groups in total. The van der Waals surface area contributed by atoms with Crippen LogP contribution in [0.4, 0.5) is 14.5 Å². The van der Waals surface area contributed by atoms with Crippen molar-refractivity contribution in [2.75, 3.05) is 18.5 Å². The standard InChI is InChI=1S/C19H18F2N2O4/c1-11-5-12(2)7-13(6-11)19(26)22-9-18(25)27-10-17(24)23-16-8-14(20)3-4-15(16)21/h3-8H,9-10H2,1-2H3,(H,22,26)(H,23,24). The molecule has 0 fully saturated rings. The zero-order chi connectivity index (χ0) is 20.0. The van der Waals surface area contributed by atoms with Crippen molar-refractivity contribution in [2.45, 2.75) is 13.8 Å². The summed E-state index contributed by atoms with van der Waals surface area (Å²) in [6.45, 7) is 2.55. The van der Waals surface area contributed by atoms with Crippen molar-refractivity contribution >= 4 is 23.5 Å². The molecule has 0 saturated carbocycles. The Kier molecular flexibility index (Phi) is 6.59. The summed E-state index contributed by atoms with van der Waals surface area (Å²) in [5, 5.41) is 4.48. The fraction of sp³-hybridized carbons (Fsp3) is 0.211. The summed E-state index contributed by atoms with van der Waals surface area (Å²) in [4.78, 5) is 35.3. The molecule has 0 atom stereocenters. The van der Waals surface area contributed by atoms with Gasteiger partial charge in [0, 0.05) is 11.6 Å². The number of rotatable bonds is 6. The predicted octanol–water partition coefficient (Wildman–Crippen LogP) is 2.49. The summed E-state index contributed by atoms with van der Waals surface area (Å²) in [5.74, 6) is -3.68. The zero-order valence-corrected chi connectivity index (χ0v) is 14.8. The lowest BCUT2D eigenvalue weighted by molar-refractivity contribution is -0.146. The van der Waals surface area contributed by atoms with Crippen LogP contribution in [-0.4, -0.2) is 30.9 Å². The molecule has 142 valence electrons. The van der Waals surface area contributed by atoms with Gasteiger partial charge in [0.05, 0.1) is 5.69 Å². The van der Waals surface area contributed by atoms with E-state index in [0.717, 1.165) is 29.3 Å². The predicted molar refractivity (Wildman–Crippen MR) is 94.2 cm³/mol. The molecule has 0 unspecified atom stereocenters. The highest BCUT2D eigenvalue weighted by Gasteiger charge is 2.13. The second-order valence-corrected chi connectivity index (χ2v) is 5.89. The number of anilines is 1. The third-order valence-electron chi connectivity index (χ3n) is 3.44. The molecule has 27 heavy (non-hydrogen) atoms. The van der Waals surface area contributed by atoms with Crippen molar-refractivity contribution in [1.29, 1.82) is 0 Å². The molecule has 6 nitrogen and oxygen atoms in total. The number of esters is 1. The van der Waals surface area contributed by atoms with E-state index in [1.165, 1.54) is 0 Å². The first kappa shape index (κ1) is 20.0. The van der Waals surface area contributed by atoms with E-state index in [4.69, 9.17) is 4.74 Å². The van der Waals surface area contributed by atoms with Gasteiger partial charge in [-0.3, -0.25) is 14.4 Å². The summed E-state index contributed by atoms with van der Waals surface area (Å²) in [7, 11) is 0. The Morgan fingerprint density at radius 1 is 1.00 bits per heavy atom. The first-order valence-corrected chi connectivity index (χ1v) is 8.01. The van der Waals surface area contributed by atoms with Crippen LogP contribution >= 0.6 is 0 Å². The summed E-state index contributed by atoms with van der Waals surface area (Å²) >= 11 is 0. The molecule has 0 spiro atoms. The van der Waals surface area contributed by atoms with Crippen LogP contribution in [0.3, 0.4) is 0 Å². The average Bonchev–Trinajstić information content (AvgIpc) is 2.60. The van der Waals surface area contributed by atoms with Crippen molar-refractivity contribution in [3.8, 4) is 0 Å². The number of aryl methyl sites for hydroxylation is 2. The van der Waals surface area contributed by atoms with E-state index in [-0.39, 0.29) is 5.69 Å². The number of hydrogen-bond acceptors (Lipinski definition) is 4. The Balaban J connectivity index is 1.79. The van der Waals surface area contributed by atoms with Gasteiger partial charge in [-0.15, -0.1) is 0 Å². The number of carbonyl (C=O) groups excluding carboxylic acids is 3. The maximum Gasteiger partial charge on any atom is 0.325 e. The van der Waals surface area contributed by atoms with Crippen LogP contribution in [-0.2, 0) is 14.3 Å². The van der Waals surface area contributed by atoms with Crippen LogP contribution in [0.15, 0.2) is 36.4 Å². The molecule has 0 bridgehead atoms.